The van der Waals surface area contributed by atoms with Crippen LogP contribution in [0.5, 0.6) is 0 Å². The highest BCUT2D eigenvalue weighted by molar-refractivity contribution is 5.01. The molecule has 0 aliphatic carbocycles. The molecule has 0 saturated carbocycles. The second-order valence-corrected chi connectivity index (χ2v) is 3.58. The first-order valence-corrected chi connectivity index (χ1v) is 5.08. The molecule has 12 heavy (non-hydrogen) atoms. The van der Waals surface area contributed by atoms with E-state index in [1.165, 1.54) is 18.4 Å². The Morgan fingerprint density at radius 2 is 2.08 bits per heavy atom. The summed E-state index contributed by atoms with van der Waals surface area (Å²) in [7, 11) is 0. The Morgan fingerprint density at radius 1 is 1.42 bits per heavy atom. The fraction of sp³-hybridized carbons (Fsp3) is 0.818. The second kappa shape index (κ2) is 7.35. The van der Waals surface area contributed by atoms with Gasteiger partial charge in [-0.05, 0) is 25.8 Å². The third kappa shape index (κ3) is 6.41. The molecule has 1 atom stereocenters. The van der Waals surface area contributed by atoms with E-state index < -0.39 is 0 Å². The minimum atomic E-state index is 0.730. The number of hydrogen-bond acceptors (Lipinski definition) is 1. The molecule has 1 heteroatoms. The highest BCUT2D eigenvalue weighted by atomic mass is 14.8. The Labute approximate surface area is 77.2 Å². The highest BCUT2D eigenvalue weighted by Crippen LogP contribution is 2.05. The molecule has 0 heterocycles. The first-order valence-electron chi connectivity index (χ1n) is 5.08. The van der Waals surface area contributed by atoms with Crippen molar-refractivity contribution in [2.24, 2.45) is 5.92 Å². The SMILES string of the molecule is CCCNCC(C)=CC(C)CC. The minimum Gasteiger partial charge on any atom is -0.313 e. The van der Waals surface area contributed by atoms with E-state index in [1.807, 2.05) is 0 Å². The summed E-state index contributed by atoms with van der Waals surface area (Å²) >= 11 is 0. The molecule has 0 aliphatic rings. The molecule has 1 unspecified atom stereocenters. The zero-order valence-electron chi connectivity index (χ0n) is 8.98. The molecular weight excluding hydrogens is 146 g/mol. The molecule has 0 radical (unpaired) electrons. The van der Waals surface area contributed by atoms with Gasteiger partial charge >= 0.3 is 0 Å². The minimum absolute atomic E-state index is 0.730. The molecule has 1 N–H and O–H groups in total. The van der Waals surface area contributed by atoms with Gasteiger partial charge in [0.15, 0.2) is 0 Å². The molecule has 0 aromatic carbocycles. The zero-order valence-corrected chi connectivity index (χ0v) is 8.98. The third-order valence-electron chi connectivity index (χ3n) is 2.04. The van der Waals surface area contributed by atoms with Gasteiger partial charge in [0.05, 0.1) is 0 Å². The first kappa shape index (κ1) is 11.7. The van der Waals surface area contributed by atoms with Gasteiger partial charge in [-0.15, -0.1) is 0 Å². The van der Waals surface area contributed by atoms with Crippen molar-refractivity contribution >= 4 is 0 Å². The van der Waals surface area contributed by atoms with Crippen LogP contribution >= 0.6 is 0 Å². The third-order valence-corrected chi connectivity index (χ3v) is 2.04. The molecule has 0 spiro atoms. The molecule has 0 rings (SSSR count). The van der Waals surface area contributed by atoms with Crippen LogP contribution in [0.3, 0.4) is 0 Å². The number of nitrogens with one attached hydrogen (secondary N) is 1. The summed E-state index contributed by atoms with van der Waals surface area (Å²) in [6, 6.07) is 0. The van der Waals surface area contributed by atoms with Gasteiger partial charge in [0.2, 0.25) is 0 Å². The van der Waals surface area contributed by atoms with Crippen LogP contribution in [-0.4, -0.2) is 13.1 Å². The van der Waals surface area contributed by atoms with E-state index in [2.05, 4.69) is 39.1 Å². The summed E-state index contributed by atoms with van der Waals surface area (Å²) in [5.74, 6) is 0.730. The molecule has 0 saturated heterocycles. The van der Waals surface area contributed by atoms with Crippen LogP contribution in [0.2, 0.25) is 0 Å². The van der Waals surface area contributed by atoms with Crippen molar-refractivity contribution < 1.29 is 0 Å². The summed E-state index contributed by atoms with van der Waals surface area (Å²) in [6.45, 7) is 11.1. The van der Waals surface area contributed by atoms with Gasteiger partial charge in [-0.1, -0.05) is 38.8 Å². The Bertz CT molecular complexity index is 127. The fourth-order valence-corrected chi connectivity index (χ4v) is 1.12. The van der Waals surface area contributed by atoms with Crippen LogP contribution in [0.1, 0.15) is 40.5 Å². The van der Waals surface area contributed by atoms with Crippen LogP contribution in [0, 0.1) is 5.92 Å². The van der Waals surface area contributed by atoms with Crippen molar-refractivity contribution in [1.82, 2.24) is 5.32 Å². The van der Waals surface area contributed by atoms with E-state index in [1.54, 1.807) is 0 Å². The summed E-state index contributed by atoms with van der Waals surface area (Å²) < 4.78 is 0. The molecule has 0 bridgehead atoms. The molecule has 0 amide bonds. The maximum absolute atomic E-state index is 3.40. The molecule has 72 valence electrons. The van der Waals surface area contributed by atoms with Gasteiger partial charge in [0, 0.05) is 6.54 Å². The van der Waals surface area contributed by atoms with E-state index >= 15 is 0 Å². The van der Waals surface area contributed by atoms with Crippen LogP contribution in [0.15, 0.2) is 11.6 Å². The first-order chi connectivity index (χ1) is 5.70. The lowest BCUT2D eigenvalue weighted by Gasteiger charge is -2.06. The number of rotatable bonds is 6. The van der Waals surface area contributed by atoms with Crippen LogP contribution in [0.4, 0.5) is 0 Å². The van der Waals surface area contributed by atoms with Gasteiger partial charge in [-0.25, -0.2) is 0 Å². The van der Waals surface area contributed by atoms with E-state index in [-0.39, 0.29) is 0 Å². The van der Waals surface area contributed by atoms with Gasteiger partial charge < -0.3 is 5.32 Å². The van der Waals surface area contributed by atoms with Crippen molar-refractivity contribution in [3.05, 3.63) is 11.6 Å². The molecule has 0 aliphatic heterocycles. The molecular formula is C11H23N. The van der Waals surface area contributed by atoms with Crippen molar-refractivity contribution in [3.63, 3.8) is 0 Å². The van der Waals surface area contributed by atoms with Crippen molar-refractivity contribution in [3.8, 4) is 0 Å². The van der Waals surface area contributed by atoms with Gasteiger partial charge in [0.25, 0.3) is 0 Å². The van der Waals surface area contributed by atoms with Crippen LogP contribution in [-0.2, 0) is 0 Å². The van der Waals surface area contributed by atoms with Gasteiger partial charge in [-0.2, -0.15) is 0 Å². The van der Waals surface area contributed by atoms with Gasteiger partial charge in [0.1, 0.15) is 0 Å². The number of hydrogen-bond donors (Lipinski definition) is 1. The average Bonchev–Trinajstić information content (AvgIpc) is 2.05. The van der Waals surface area contributed by atoms with Crippen LogP contribution < -0.4 is 5.32 Å². The van der Waals surface area contributed by atoms with Crippen molar-refractivity contribution in [1.29, 1.82) is 0 Å². The second-order valence-electron chi connectivity index (χ2n) is 3.58. The zero-order chi connectivity index (χ0) is 9.40. The van der Waals surface area contributed by atoms with Crippen molar-refractivity contribution in [2.75, 3.05) is 13.1 Å². The maximum atomic E-state index is 3.40. The monoisotopic (exact) mass is 169 g/mol. The smallest absolute Gasteiger partial charge is 0.0161 e. The predicted octanol–water partition coefficient (Wildman–Crippen LogP) is 2.98. The summed E-state index contributed by atoms with van der Waals surface area (Å²) in [5, 5.41) is 3.40. The van der Waals surface area contributed by atoms with Gasteiger partial charge in [-0.3, -0.25) is 0 Å². The topological polar surface area (TPSA) is 12.0 Å². The predicted molar refractivity (Wildman–Crippen MR) is 56.4 cm³/mol. The lowest BCUT2D eigenvalue weighted by atomic mass is 10.1. The Balaban J connectivity index is 3.55. The maximum Gasteiger partial charge on any atom is 0.0161 e. The molecule has 0 aromatic rings. The standard InChI is InChI=1S/C11H23N/c1-5-7-12-9-11(4)8-10(3)6-2/h8,10,12H,5-7,9H2,1-4H3. The highest BCUT2D eigenvalue weighted by Gasteiger charge is 1.94. The van der Waals surface area contributed by atoms with E-state index in [9.17, 15) is 0 Å². The summed E-state index contributed by atoms with van der Waals surface area (Å²) in [5.41, 5.74) is 1.47. The molecule has 1 nitrogen and oxygen atoms in total. The fourth-order valence-electron chi connectivity index (χ4n) is 1.12. The van der Waals surface area contributed by atoms with Crippen LogP contribution in [0.25, 0.3) is 0 Å². The Kier molecular flexibility index (Phi) is 7.17. The molecule has 0 fully saturated rings. The lowest BCUT2D eigenvalue weighted by molar-refractivity contribution is 0.673. The Hall–Kier alpha value is -0.300. The summed E-state index contributed by atoms with van der Waals surface area (Å²) in [6.07, 6.45) is 4.82. The van der Waals surface area contributed by atoms with E-state index in [0.29, 0.717) is 0 Å². The Morgan fingerprint density at radius 3 is 2.58 bits per heavy atom. The lowest BCUT2D eigenvalue weighted by Crippen LogP contribution is -2.17. The van der Waals surface area contributed by atoms with E-state index in [0.717, 1.165) is 19.0 Å². The average molecular weight is 169 g/mol. The van der Waals surface area contributed by atoms with E-state index in [4.69, 9.17) is 0 Å². The normalized spacial score (nSPS) is 14.8. The van der Waals surface area contributed by atoms with Crippen molar-refractivity contribution in [2.45, 2.75) is 40.5 Å². The number of allylic oxidation sites excluding steroid dienone is 1. The quantitative estimate of drug-likeness (QED) is 0.476. The molecule has 0 aromatic heterocycles. The largest absolute Gasteiger partial charge is 0.313 e. The summed E-state index contributed by atoms with van der Waals surface area (Å²) in [4.78, 5) is 0.